The number of rotatable bonds is 6. The minimum Gasteiger partial charge on any atom is -0.340 e. The number of amides is 1. The first kappa shape index (κ1) is 22.3. The van der Waals surface area contributed by atoms with Gasteiger partial charge in [-0.05, 0) is 36.2 Å². The number of halogens is 3. The second kappa shape index (κ2) is 9.31. The minimum absolute atomic E-state index is 0.0889. The summed E-state index contributed by atoms with van der Waals surface area (Å²) in [4.78, 5) is 19.7. The summed E-state index contributed by atoms with van der Waals surface area (Å²) in [5, 5.41) is 0.747. The van der Waals surface area contributed by atoms with E-state index >= 15 is 0 Å². The van der Waals surface area contributed by atoms with Gasteiger partial charge in [0.1, 0.15) is 17.7 Å². The van der Waals surface area contributed by atoms with Crippen molar-refractivity contribution in [3.63, 3.8) is 0 Å². The fourth-order valence-electron chi connectivity index (χ4n) is 3.87. The molecule has 1 atom stereocenters. The molecule has 0 spiro atoms. The molecular formula is C25H22Cl2FN3O. The van der Waals surface area contributed by atoms with E-state index in [1.165, 1.54) is 6.07 Å². The van der Waals surface area contributed by atoms with Crippen molar-refractivity contribution in [1.82, 2.24) is 14.5 Å². The normalized spacial score (nSPS) is 12.2. The van der Waals surface area contributed by atoms with Crippen LogP contribution in [0, 0.1) is 5.82 Å². The molecule has 0 fully saturated rings. The molecule has 0 radical (unpaired) electrons. The molecule has 4 nitrogen and oxygen atoms in total. The van der Waals surface area contributed by atoms with Gasteiger partial charge in [-0.3, -0.25) is 4.79 Å². The van der Waals surface area contributed by atoms with Crippen LogP contribution in [0.4, 0.5) is 4.39 Å². The van der Waals surface area contributed by atoms with Gasteiger partial charge in [0.15, 0.2) is 0 Å². The summed E-state index contributed by atoms with van der Waals surface area (Å²) >= 11 is 12.5. The number of carbonyl (C=O) groups is 1. The number of fused-ring (bicyclic) bond motifs is 1. The Hall–Kier alpha value is -2.89. The van der Waals surface area contributed by atoms with Gasteiger partial charge in [0.25, 0.3) is 0 Å². The molecular weight excluding hydrogens is 448 g/mol. The Morgan fingerprint density at radius 3 is 2.44 bits per heavy atom. The highest BCUT2D eigenvalue weighted by Gasteiger charge is 2.25. The Morgan fingerprint density at radius 2 is 1.72 bits per heavy atom. The van der Waals surface area contributed by atoms with Gasteiger partial charge in [0.2, 0.25) is 5.91 Å². The molecule has 0 N–H and O–H groups in total. The fraction of sp³-hybridized carbons (Fsp3) is 0.200. The molecule has 0 saturated carbocycles. The lowest BCUT2D eigenvalue weighted by Gasteiger charge is -2.24. The molecule has 4 aromatic rings. The van der Waals surface area contributed by atoms with Gasteiger partial charge in [-0.25, -0.2) is 9.37 Å². The van der Waals surface area contributed by atoms with E-state index < -0.39 is 6.04 Å². The number of imidazole rings is 1. The Balaban J connectivity index is 1.74. The van der Waals surface area contributed by atoms with Gasteiger partial charge in [0.05, 0.1) is 21.1 Å². The van der Waals surface area contributed by atoms with E-state index in [9.17, 15) is 9.18 Å². The first-order valence-electron chi connectivity index (χ1n) is 10.2. The molecule has 0 saturated heterocycles. The predicted octanol–water partition coefficient (Wildman–Crippen LogP) is 6.29. The molecule has 0 bridgehead atoms. The third-order valence-electron chi connectivity index (χ3n) is 5.49. The maximum absolute atomic E-state index is 14.4. The van der Waals surface area contributed by atoms with Crippen LogP contribution in [0.5, 0.6) is 0 Å². The fourth-order valence-corrected chi connectivity index (χ4v) is 4.19. The Bertz CT molecular complexity index is 1270. The number of hydrogen-bond donors (Lipinski definition) is 0. The highest BCUT2D eigenvalue weighted by Crippen LogP contribution is 2.31. The second-order valence-corrected chi connectivity index (χ2v) is 8.59. The van der Waals surface area contributed by atoms with Crippen molar-refractivity contribution in [2.24, 2.45) is 0 Å². The number of hydrogen-bond acceptors (Lipinski definition) is 2. The molecule has 0 aliphatic carbocycles. The number of carbonyl (C=O) groups excluding carboxylic acids is 1. The smallest absolute Gasteiger partial charge is 0.245 e. The first-order chi connectivity index (χ1) is 15.3. The summed E-state index contributed by atoms with van der Waals surface area (Å²) in [5.74, 6) is 0.161. The first-order valence-corrected chi connectivity index (χ1v) is 11.0. The van der Waals surface area contributed by atoms with E-state index in [1.54, 1.807) is 42.3 Å². The number of likely N-dealkylation sites (N-methyl/N-ethyl adjacent to an activating group) is 1. The summed E-state index contributed by atoms with van der Waals surface area (Å²) in [6, 6.07) is 19.1. The zero-order valence-corrected chi connectivity index (χ0v) is 19.2. The average Bonchev–Trinajstić information content (AvgIpc) is 3.11. The highest BCUT2D eigenvalue weighted by atomic mass is 35.5. The van der Waals surface area contributed by atoms with Crippen LogP contribution in [-0.2, 0) is 17.8 Å². The molecule has 32 heavy (non-hydrogen) atoms. The van der Waals surface area contributed by atoms with Crippen molar-refractivity contribution in [3.8, 4) is 0 Å². The Labute approximate surface area is 196 Å². The molecule has 4 rings (SSSR count). The Kier molecular flexibility index (Phi) is 6.49. The molecule has 3 aromatic carbocycles. The lowest BCUT2D eigenvalue weighted by molar-refractivity contribution is -0.133. The summed E-state index contributed by atoms with van der Waals surface area (Å²) in [6.45, 7) is 2.30. The van der Waals surface area contributed by atoms with Crippen LogP contribution >= 0.6 is 23.2 Å². The molecule has 1 unspecified atom stereocenters. The topological polar surface area (TPSA) is 38.1 Å². The zero-order chi connectivity index (χ0) is 22.8. The van der Waals surface area contributed by atoms with Gasteiger partial charge >= 0.3 is 0 Å². The van der Waals surface area contributed by atoms with Crippen LogP contribution in [0.3, 0.4) is 0 Å². The minimum atomic E-state index is -0.576. The monoisotopic (exact) mass is 469 g/mol. The van der Waals surface area contributed by atoms with Gasteiger partial charge in [-0.15, -0.1) is 0 Å². The quantitative estimate of drug-likeness (QED) is 0.332. The van der Waals surface area contributed by atoms with Crippen molar-refractivity contribution in [1.29, 1.82) is 0 Å². The van der Waals surface area contributed by atoms with E-state index in [-0.39, 0.29) is 18.1 Å². The number of nitrogens with zero attached hydrogens (tertiary/aromatic N) is 3. The van der Waals surface area contributed by atoms with Crippen LogP contribution in [0.1, 0.15) is 29.9 Å². The molecule has 1 aromatic heterocycles. The maximum atomic E-state index is 14.4. The van der Waals surface area contributed by atoms with Crippen molar-refractivity contribution >= 4 is 40.1 Å². The van der Waals surface area contributed by atoms with Crippen molar-refractivity contribution in [3.05, 3.63) is 99.5 Å². The van der Waals surface area contributed by atoms with Crippen LogP contribution in [0.2, 0.25) is 10.0 Å². The summed E-state index contributed by atoms with van der Waals surface area (Å²) in [6.07, 6.45) is 0.233. The van der Waals surface area contributed by atoms with Crippen molar-refractivity contribution in [2.75, 3.05) is 7.05 Å². The standard InChI is InChI=1S/C25H22Cl2FN3O/c1-16(25(32)30(2)15-17-8-4-3-5-9-17)31-23-14-20(27)19(26)13-22(23)29-24(31)12-18-10-6-7-11-21(18)28/h3-11,13-14,16H,12,15H2,1-2H3. The van der Waals surface area contributed by atoms with Crippen molar-refractivity contribution < 1.29 is 9.18 Å². The summed E-state index contributed by atoms with van der Waals surface area (Å²) in [7, 11) is 1.77. The zero-order valence-electron chi connectivity index (χ0n) is 17.7. The maximum Gasteiger partial charge on any atom is 0.245 e. The largest absolute Gasteiger partial charge is 0.340 e. The SMILES string of the molecule is CC(C(=O)N(C)Cc1ccccc1)n1c(Cc2ccccc2F)nc2cc(Cl)c(Cl)cc21. The van der Waals surface area contributed by atoms with Crippen LogP contribution in [0.25, 0.3) is 11.0 Å². The third-order valence-corrected chi connectivity index (χ3v) is 6.22. The summed E-state index contributed by atoms with van der Waals surface area (Å²) in [5.41, 5.74) is 2.82. The average molecular weight is 470 g/mol. The van der Waals surface area contributed by atoms with Crippen LogP contribution in [0.15, 0.2) is 66.7 Å². The van der Waals surface area contributed by atoms with Gasteiger partial charge in [-0.2, -0.15) is 0 Å². The van der Waals surface area contributed by atoms with Gasteiger partial charge in [-0.1, -0.05) is 71.7 Å². The van der Waals surface area contributed by atoms with E-state index in [0.717, 1.165) is 5.56 Å². The predicted molar refractivity (Wildman–Crippen MR) is 127 cm³/mol. The van der Waals surface area contributed by atoms with Crippen LogP contribution < -0.4 is 0 Å². The molecule has 0 aliphatic rings. The van der Waals surface area contributed by atoms with E-state index in [1.807, 2.05) is 41.8 Å². The lowest BCUT2D eigenvalue weighted by Crippen LogP contribution is -2.33. The van der Waals surface area contributed by atoms with E-state index in [2.05, 4.69) is 4.98 Å². The lowest BCUT2D eigenvalue weighted by atomic mass is 10.1. The number of benzene rings is 3. The van der Waals surface area contributed by atoms with Gasteiger partial charge in [0, 0.05) is 20.0 Å². The molecule has 1 amide bonds. The third kappa shape index (κ3) is 4.50. The van der Waals surface area contributed by atoms with E-state index in [4.69, 9.17) is 23.2 Å². The molecule has 164 valence electrons. The second-order valence-electron chi connectivity index (χ2n) is 7.78. The van der Waals surface area contributed by atoms with E-state index in [0.29, 0.717) is 39.0 Å². The highest BCUT2D eigenvalue weighted by molar-refractivity contribution is 6.42. The molecule has 7 heteroatoms. The van der Waals surface area contributed by atoms with Crippen LogP contribution in [-0.4, -0.2) is 27.4 Å². The molecule has 1 heterocycles. The van der Waals surface area contributed by atoms with Gasteiger partial charge < -0.3 is 9.47 Å². The summed E-state index contributed by atoms with van der Waals surface area (Å²) < 4.78 is 16.2. The Morgan fingerprint density at radius 1 is 1.06 bits per heavy atom. The number of aromatic nitrogens is 2. The van der Waals surface area contributed by atoms with Crippen molar-refractivity contribution in [2.45, 2.75) is 25.9 Å². The molecule has 0 aliphatic heterocycles.